The predicted molar refractivity (Wildman–Crippen MR) is 551 cm³/mol. The van der Waals surface area contributed by atoms with Gasteiger partial charge in [-0.1, -0.05) is 243 Å². The molecule has 4 aliphatic heterocycles. The van der Waals surface area contributed by atoms with Gasteiger partial charge in [0.15, 0.2) is 0 Å². The minimum atomic E-state index is -0.252. The lowest BCUT2D eigenvalue weighted by molar-refractivity contribution is 0.0658. The van der Waals surface area contributed by atoms with Crippen LogP contribution in [0.3, 0.4) is 0 Å². The molecule has 4 fully saturated rings. The molecule has 2 atom stereocenters. The summed E-state index contributed by atoms with van der Waals surface area (Å²) >= 11 is 0. The van der Waals surface area contributed by atoms with Gasteiger partial charge in [0, 0.05) is 154 Å². The zero-order valence-electron chi connectivity index (χ0n) is 79.9. The highest BCUT2D eigenvalue weighted by molar-refractivity contribution is 6.02. The van der Waals surface area contributed by atoms with Gasteiger partial charge in [-0.05, 0) is 257 Å². The second kappa shape index (κ2) is 47.1. The van der Waals surface area contributed by atoms with Crippen molar-refractivity contribution in [2.24, 2.45) is 23.7 Å². The van der Waals surface area contributed by atoms with Crippen LogP contribution in [0, 0.1) is 46.9 Å². The number of fused-ring (bicyclic) bond motifs is 4. The number of likely N-dealkylation sites (tertiary alicyclic amines) is 4. The van der Waals surface area contributed by atoms with Crippen LogP contribution < -0.4 is 16.0 Å². The number of piperidine rings is 4. The molecule has 714 valence electrons. The number of benzene rings is 12. The average Bonchev–Trinajstić information content (AvgIpc) is 1.65. The van der Waals surface area contributed by atoms with Crippen LogP contribution in [0.1, 0.15) is 164 Å². The normalized spacial score (nSPS) is 15.0. The first-order chi connectivity index (χ1) is 67.9. The Bertz CT molecular complexity index is 6480. The first-order valence-electron chi connectivity index (χ1n) is 49.4. The van der Waals surface area contributed by atoms with Crippen molar-refractivity contribution in [3.8, 4) is 0 Å². The number of hydrogen-bond donors (Lipinski definition) is 3. The second-order valence-electron chi connectivity index (χ2n) is 38.0. The molecule has 4 amide bonds. The van der Waals surface area contributed by atoms with Crippen molar-refractivity contribution in [2.75, 3.05) is 85.6 Å². The van der Waals surface area contributed by atoms with E-state index in [0.29, 0.717) is 84.7 Å². The first kappa shape index (κ1) is 96.9. The van der Waals surface area contributed by atoms with Crippen LogP contribution in [-0.2, 0) is 39.3 Å². The van der Waals surface area contributed by atoms with Crippen molar-refractivity contribution >= 4 is 67.2 Å². The van der Waals surface area contributed by atoms with Crippen LogP contribution >= 0.6 is 0 Å². The number of rotatable bonds is 28. The number of aromatic nitrogens is 4. The Morgan fingerprint density at radius 1 is 0.295 bits per heavy atom. The predicted octanol–water partition coefficient (Wildman–Crippen LogP) is 23.3. The molecule has 4 aromatic heterocycles. The molecule has 20 heteroatoms. The summed E-state index contributed by atoms with van der Waals surface area (Å²) in [5.74, 6) is 1.61. The fourth-order valence-electron chi connectivity index (χ4n) is 20.1. The number of carbonyl (C=O) groups excluding carboxylic acids is 4. The van der Waals surface area contributed by atoms with Gasteiger partial charge in [0.05, 0.1) is 0 Å². The lowest BCUT2D eigenvalue weighted by Crippen LogP contribution is -2.41. The maximum Gasteiger partial charge on any atom is 0.270 e. The molecule has 0 unspecified atom stereocenters. The molecule has 0 spiro atoms. The van der Waals surface area contributed by atoms with Gasteiger partial charge < -0.3 is 58.7 Å². The van der Waals surface area contributed by atoms with E-state index in [9.17, 15) is 36.7 Å². The van der Waals surface area contributed by atoms with Crippen molar-refractivity contribution in [1.29, 1.82) is 0 Å². The van der Waals surface area contributed by atoms with Gasteiger partial charge in [-0.3, -0.25) is 19.2 Å². The third-order valence-corrected chi connectivity index (χ3v) is 28.2. The lowest BCUT2D eigenvalue weighted by atomic mass is 9.96. The van der Waals surface area contributed by atoms with Gasteiger partial charge in [-0.15, -0.1) is 0 Å². The van der Waals surface area contributed by atoms with Crippen LogP contribution in [0.5, 0.6) is 0 Å². The van der Waals surface area contributed by atoms with E-state index >= 15 is 0 Å². The maximum atomic E-state index is 13.6. The Balaban J connectivity index is 0.000000128. The highest BCUT2D eigenvalue weighted by atomic mass is 19.1. The molecule has 8 heterocycles. The number of nitrogens with one attached hydrogen (secondary N) is 3. The molecule has 16 nitrogen and oxygen atoms in total. The number of halogens is 4. The highest BCUT2D eigenvalue weighted by Crippen LogP contribution is 2.33. The third kappa shape index (κ3) is 25.4. The van der Waals surface area contributed by atoms with Gasteiger partial charge in [-0.25, -0.2) is 17.6 Å². The van der Waals surface area contributed by atoms with Gasteiger partial charge in [-0.2, -0.15) is 0 Å². The fraction of sp³-hybridized carbons (Fsp3) is 0.294. The molecular weight excluding hydrogens is 1740 g/mol. The smallest absolute Gasteiger partial charge is 0.270 e. The number of amides is 4. The van der Waals surface area contributed by atoms with E-state index < -0.39 is 0 Å². The van der Waals surface area contributed by atoms with E-state index in [1.807, 2.05) is 159 Å². The lowest BCUT2D eigenvalue weighted by Gasteiger charge is -2.34. The molecule has 139 heavy (non-hydrogen) atoms. The molecule has 0 radical (unpaired) electrons. The van der Waals surface area contributed by atoms with E-state index in [4.69, 9.17) is 0 Å². The molecule has 3 N–H and O–H groups in total. The van der Waals surface area contributed by atoms with E-state index in [2.05, 4.69) is 163 Å². The Hall–Kier alpha value is -13.8. The molecule has 0 bridgehead atoms. The molecule has 0 aliphatic carbocycles. The van der Waals surface area contributed by atoms with Crippen molar-refractivity contribution in [1.82, 2.24) is 58.7 Å². The Kier molecular flexibility index (Phi) is 32.8. The van der Waals surface area contributed by atoms with Gasteiger partial charge in [0.25, 0.3) is 23.6 Å². The fourth-order valence-corrected chi connectivity index (χ4v) is 20.1. The summed E-state index contributed by atoms with van der Waals surface area (Å²) < 4.78 is 61.9. The summed E-state index contributed by atoms with van der Waals surface area (Å²) in [6, 6.07) is 109. The molecule has 12 aromatic carbocycles. The number of hydrogen-bond acceptors (Lipinski definition) is 8. The van der Waals surface area contributed by atoms with Crippen LogP contribution in [-0.4, -0.2) is 152 Å². The molecule has 4 saturated heterocycles. The van der Waals surface area contributed by atoms with Gasteiger partial charge in [0.1, 0.15) is 46.0 Å². The Morgan fingerprint density at radius 2 is 0.540 bits per heavy atom. The van der Waals surface area contributed by atoms with Crippen LogP contribution in [0.15, 0.2) is 340 Å². The van der Waals surface area contributed by atoms with E-state index in [1.165, 1.54) is 70.8 Å². The summed E-state index contributed by atoms with van der Waals surface area (Å²) in [4.78, 5) is 64.8. The molecule has 20 rings (SSSR count). The summed E-state index contributed by atoms with van der Waals surface area (Å²) in [6.45, 7) is 18.5. The first-order valence-corrected chi connectivity index (χ1v) is 49.4. The van der Waals surface area contributed by atoms with Crippen molar-refractivity contribution < 1.29 is 36.7 Å². The molecular formula is C119H126F4N12O4. The van der Waals surface area contributed by atoms with Crippen LogP contribution in [0.4, 0.5) is 17.6 Å². The zero-order chi connectivity index (χ0) is 95.9. The molecule has 0 saturated carbocycles. The van der Waals surface area contributed by atoms with Crippen LogP contribution in [0.25, 0.3) is 43.6 Å². The maximum absolute atomic E-state index is 13.6. The Morgan fingerprint density at radius 3 is 0.827 bits per heavy atom. The Labute approximate surface area is 813 Å². The largest absolute Gasteiger partial charge is 0.337 e. The monoisotopic (exact) mass is 1860 g/mol. The standard InChI is InChI=1S/3C30H32FN3O.C29H30FN3O/c1-32(20-23-7-3-2-4-8-23)21-25-15-17-33(18-16-25)30(35)29-19-26-9-5-6-10-28(26)34(29)22-24-11-13-27(31)14-12-24;2*1-22(25-7-3-2-4-8-25)32-20-23-15-17-33(18-16-23)30(35)29-19-26-9-5-6-10-28(26)34(29)21-24-11-13-27(31)14-12-24;30-26-12-10-24(11-13-26)21-33-27-9-5-4-8-25(27)18-28(33)29(34)32-16-14-23(15-17-32)20-31-19-22-6-2-1-3-7-22/h2-14,19,25H,15-18,20-22H2,1H3;2*2-14,19,22-23,32H,15-18,20-21H2,1H3;1-13,18,23,31H,14-17,19-21H2/t;2*22-;/m.10./s1. The molecule has 16 aromatic rings. The van der Waals surface area contributed by atoms with Crippen molar-refractivity contribution in [2.45, 2.75) is 117 Å². The summed E-state index contributed by atoms with van der Waals surface area (Å²) in [5, 5.41) is 15.1. The number of para-hydroxylation sites is 4. The zero-order valence-corrected chi connectivity index (χ0v) is 79.9. The number of carbonyl (C=O) groups is 4. The average molecular weight is 1860 g/mol. The van der Waals surface area contributed by atoms with Gasteiger partial charge >= 0.3 is 0 Å². The summed E-state index contributed by atoms with van der Waals surface area (Å²) in [5.41, 5.74) is 16.0. The topological polar surface area (TPSA) is 140 Å². The van der Waals surface area contributed by atoms with E-state index in [-0.39, 0.29) is 46.9 Å². The van der Waals surface area contributed by atoms with Gasteiger partial charge in [0.2, 0.25) is 0 Å². The van der Waals surface area contributed by atoms with Crippen LogP contribution in [0.2, 0.25) is 0 Å². The third-order valence-electron chi connectivity index (χ3n) is 28.2. The quantitative estimate of drug-likeness (QED) is 0.0412. The minimum Gasteiger partial charge on any atom is -0.337 e. The van der Waals surface area contributed by atoms with Crippen molar-refractivity contribution in [3.63, 3.8) is 0 Å². The number of nitrogens with zero attached hydrogens (tertiary/aromatic N) is 9. The van der Waals surface area contributed by atoms with Crippen molar-refractivity contribution in [3.05, 3.63) is 430 Å². The van der Waals surface area contributed by atoms with E-state index in [0.717, 1.165) is 209 Å². The molecule has 4 aliphatic rings. The SMILES string of the molecule is CN(Cc1ccccc1)CC1CCN(C(=O)c2cc3ccccc3n2Cc2ccc(F)cc2)CC1.C[C@@H](NCC1CCN(C(=O)c2cc3ccccc3n2Cc2ccc(F)cc2)CC1)c1ccccc1.C[C@H](NCC1CCN(C(=O)c2cc3ccccc3n2Cc2ccc(F)cc2)CC1)c1ccccc1.O=C(c1cc2ccccc2n1Cc1ccc(F)cc1)N1CCC(CNCc2ccccc2)CC1. The van der Waals surface area contributed by atoms with E-state index in [1.54, 1.807) is 48.5 Å². The minimum absolute atomic E-state index is 0.0763. The summed E-state index contributed by atoms with van der Waals surface area (Å²) in [6.07, 6.45) is 8.04. The second-order valence-corrected chi connectivity index (χ2v) is 38.0. The highest BCUT2D eigenvalue weighted by Gasteiger charge is 2.33. The summed E-state index contributed by atoms with van der Waals surface area (Å²) in [7, 11) is 2.18.